The van der Waals surface area contributed by atoms with Crippen LogP contribution in [0, 0.1) is 5.41 Å². The van der Waals surface area contributed by atoms with Crippen LogP contribution in [0.25, 0.3) is 0 Å². The van der Waals surface area contributed by atoms with Crippen LogP contribution in [-0.2, 0) is 0 Å². The largest absolute Gasteiger partial charge is 0.324 e. The number of halogens is 4. The monoisotopic (exact) mass is 197 g/mol. The SMILES string of the molecule is NC1(C2(C(F)(F)C(F)F)CC2)CC1. The Balaban J connectivity index is 2.24. The lowest BCUT2D eigenvalue weighted by Crippen LogP contribution is -2.50. The van der Waals surface area contributed by atoms with E-state index >= 15 is 0 Å². The molecule has 0 aromatic rings. The lowest BCUT2D eigenvalue weighted by Gasteiger charge is -2.31. The van der Waals surface area contributed by atoms with Crippen molar-refractivity contribution < 1.29 is 17.6 Å². The number of hydrogen-bond donors (Lipinski definition) is 1. The number of alkyl halides is 4. The van der Waals surface area contributed by atoms with Gasteiger partial charge in [0.05, 0.1) is 5.41 Å². The molecule has 0 aromatic heterocycles. The number of rotatable bonds is 3. The predicted molar refractivity (Wildman–Crippen MR) is 38.8 cm³/mol. The molecule has 2 N–H and O–H groups in total. The van der Waals surface area contributed by atoms with E-state index in [1.165, 1.54) is 0 Å². The third-order valence-electron chi connectivity index (χ3n) is 3.40. The van der Waals surface area contributed by atoms with Crippen molar-refractivity contribution in [2.24, 2.45) is 11.1 Å². The lowest BCUT2D eigenvalue weighted by atomic mass is 9.87. The van der Waals surface area contributed by atoms with Crippen LogP contribution in [0.5, 0.6) is 0 Å². The average molecular weight is 197 g/mol. The van der Waals surface area contributed by atoms with Gasteiger partial charge in [-0.3, -0.25) is 0 Å². The molecular formula is C8H11F4N. The summed E-state index contributed by atoms with van der Waals surface area (Å²) in [4.78, 5) is 0. The molecule has 0 saturated heterocycles. The molecule has 0 aliphatic heterocycles. The third kappa shape index (κ3) is 0.965. The zero-order valence-electron chi connectivity index (χ0n) is 6.99. The van der Waals surface area contributed by atoms with Crippen molar-refractivity contribution in [3.05, 3.63) is 0 Å². The topological polar surface area (TPSA) is 26.0 Å². The van der Waals surface area contributed by atoms with Crippen LogP contribution in [0.1, 0.15) is 25.7 Å². The summed E-state index contributed by atoms with van der Waals surface area (Å²) < 4.78 is 50.4. The summed E-state index contributed by atoms with van der Waals surface area (Å²) in [6.45, 7) is 0. The number of nitrogens with two attached hydrogens (primary N) is 1. The van der Waals surface area contributed by atoms with Gasteiger partial charge in [-0.25, -0.2) is 8.78 Å². The molecule has 2 aliphatic carbocycles. The summed E-state index contributed by atoms with van der Waals surface area (Å²) >= 11 is 0. The van der Waals surface area contributed by atoms with Crippen molar-refractivity contribution >= 4 is 0 Å². The molecular weight excluding hydrogens is 186 g/mol. The van der Waals surface area contributed by atoms with Crippen molar-refractivity contribution in [1.82, 2.24) is 0 Å². The van der Waals surface area contributed by atoms with E-state index in [9.17, 15) is 17.6 Å². The zero-order valence-corrected chi connectivity index (χ0v) is 6.99. The summed E-state index contributed by atoms with van der Waals surface area (Å²) in [6, 6.07) is 0. The first-order valence-electron chi connectivity index (χ1n) is 4.31. The summed E-state index contributed by atoms with van der Waals surface area (Å²) in [5.41, 5.74) is 3.00. The average Bonchev–Trinajstić information content (AvgIpc) is 2.78. The van der Waals surface area contributed by atoms with Crippen LogP contribution in [0.4, 0.5) is 17.6 Å². The molecule has 0 heterocycles. The molecule has 2 saturated carbocycles. The van der Waals surface area contributed by atoms with E-state index in [0.717, 1.165) is 0 Å². The minimum absolute atomic E-state index is 0.140. The molecule has 0 radical (unpaired) electrons. The Morgan fingerprint density at radius 3 is 1.77 bits per heavy atom. The Kier molecular flexibility index (Phi) is 1.56. The molecule has 0 atom stereocenters. The highest BCUT2D eigenvalue weighted by atomic mass is 19.3. The summed E-state index contributed by atoms with van der Waals surface area (Å²) in [5.74, 6) is -3.90. The quantitative estimate of drug-likeness (QED) is 0.689. The standard InChI is InChI=1S/C8H11F4N/c9-5(10)8(11,12)6(1-2-6)7(13)3-4-7/h5H,1-4,13H2. The molecule has 2 rings (SSSR count). The maximum Gasteiger partial charge on any atom is 0.314 e. The van der Waals surface area contributed by atoms with E-state index in [2.05, 4.69) is 0 Å². The van der Waals surface area contributed by atoms with Gasteiger partial charge in [0.25, 0.3) is 0 Å². The second-order valence-corrected chi connectivity index (χ2v) is 4.16. The fraction of sp³-hybridized carbons (Fsp3) is 1.00. The lowest BCUT2D eigenvalue weighted by molar-refractivity contribution is -0.184. The van der Waals surface area contributed by atoms with E-state index in [4.69, 9.17) is 5.73 Å². The zero-order chi connectivity index (χ0) is 9.91. The Hall–Kier alpha value is -0.320. The third-order valence-corrected chi connectivity index (χ3v) is 3.40. The van der Waals surface area contributed by atoms with Crippen molar-refractivity contribution in [1.29, 1.82) is 0 Å². The Bertz CT molecular complexity index is 230. The number of hydrogen-bond acceptors (Lipinski definition) is 1. The maximum absolute atomic E-state index is 13.1. The van der Waals surface area contributed by atoms with Crippen LogP contribution in [-0.4, -0.2) is 17.9 Å². The molecule has 0 bridgehead atoms. The van der Waals surface area contributed by atoms with Gasteiger partial charge in [0.15, 0.2) is 0 Å². The predicted octanol–water partition coefficient (Wildman–Crippen LogP) is 2.16. The first kappa shape index (κ1) is 9.24. The molecule has 0 amide bonds. The maximum atomic E-state index is 13.1. The summed E-state index contributed by atoms with van der Waals surface area (Å²) in [6.07, 6.45) is -2.40. The Morgan fingerprint density at radius 1 is 1.08 bits per heavy atom. The highest BCUT2D eigenvalue weighted by Gasteiger charge is 2.77. The molecule has 2 fully saturated rings. The van der Waals surface area contributed by atoms with Gasteiger partial charge < -0.3 is 5.73 Å². The molecule has 5 heteroatoms. The summed E-state index contributed by atoms with van der Waals surface area (Å²) in [5, 5.41) is 0. The van der Waals surface area contributed by atoms with Crippen molar-refractivity contribution in [2.45, 2.75) is 43.6 Å². The Labute approximate surface area is 73.3 Å². The van der Waals surface area contributed by atoms with E-state index in [0.29, 0.717) is 12.8 Å². The van der Waals surface area contributed by atoms with Gasteiger partial charge in [-0.2, -0.15) is 8.78 Å². The first-order valence-corrected chi connectivity index (χ1v) is 4.31. The van der Waals surface area contributed by atoms with Gasteiger partial charge in [-0.1, -0.05) is 0 Å². The Morgan fingerprint density at radius 2 is 1.54 bits per heavy atom. The second-order valence-electron chi connectivity index (χ2n) is 4.16. The van der Waals surface area contributed by atoms with Crippen molar-refractivity contribution in [3.63, 3.8) is 0 Å². The first-order chi connectivity index (χ1) is 5.86. The molecule has 76 valence electrons. The smallest absolute Gasteiger partial charge is 0.314 e. The van der Waals surface area contributed by atoms with Crippen molar-refractivity contribution in [3.8, 4) is 0 Å². The van der Waals surface area contributed by atoms with E-state index in [-0.39, 0.29) is 12.8 Å². The van der Waals surface area contributed by atoms with E-state index < -0.39 is 23.3 Å². The fourth-order valence-corrected chi connectivity index (χ4v) is 2.11. The highest BCUT2D eigenvalue weighted by Crippen LogP contribution is 2.70. The van der Waals surface area contributed by atoms with Gasteiger partial charge in [0, 0.05) is 5.54 Å². The molecule has 2 aliphatic rings. The highest BCUT2D eigenvalue weighted by molar-refractivity contribution is 5.24. The van der Waals surface area contributed by atoms with Crippen molar-refractivity contribution in [2.75, 3.05) is 0 Å². The van der Waals surface area contributed by atoms with E-state index in [1.54, 1.807) is 0 Å². The van der Waals surface area contributed by atoms with Crippen LogP contribution < -0.4 is 5.73 Å². The molecule has 13 heavy (non-hydrogen) atoms. The van der Waals surface area contributed by atoms with Gasteiger partial charge in [-0.15, -0.1) is 0 Å². The normalized spacial score (nSPS) is 29.1. The van der Waals surface area contributed by atoms with Crippen LogP contribution in [0.15, 0.2) is 0 Å². The minimum Gasteiger partial charge on any atom is -0.324 e. The molecule has 0 unspecified atom stereocenters. The molecule has 1 nitrogen and oxygen atoms in total. The molecule has 0 aromatic carbocycles. The van der Waals surface area contributed by atoms with Gasteiger partial charge in [-0.05, 0) is 25.7 Å². The fourth-order valence-electron chi connectivity index (χ4n) is 2.11. The van der Waals surface area contributed by atoms with Gasteiger partial charge >= 0.3 is 12.3 Å². The van der Waals surface area contributed by atoms with Crippen LogP contribution in [0.2, 0.25) is 0 Å². The van der Waals surface area contributed by atoms with Crippen LogP contribution >= 0.6 is 0 Å². The summed E-state index contributed by atoms with van der Waals surface area (Å²) in [7, 11) is 0. The van der Waals surface area contributed by atoms with E-state index in [1.807, 2.05) is 0 Å². The molecule has 0 spiro atoms. The van der Waals surface area contributed by atoms with Crippen LogP contribution in [0.3, 0.4) is 0 Å². The second kappa shape index (κ2) is 2.19. The van der Waals surface area contributed by atoms with Gasteiger partial charge in [0.1, 0.15) is 0 Å². The van der Waals surface area contributed by atoms with Gasteiger partial charge in [0.2, 0.25) is 0 Å². The minimum atomic E-state index is -3.90.